The maximum Gasteiger partial charge on any atom is 0.371 e. The number of rotatable bonds is 5. The largest absolute Gasteiger partial charge is 0.475 e. The Morgan fingerprint density at radius 1 is 1.35 bits per heavy atom. The minimum Gasteiger partial charge on any atom is -0.475 e. The zero-order chi connectivity index (χ0) is 16.6. The normalized spacial score (nSPS) is 12.9. The van der Waals surface area contributed by atoms with Crippen molar-refractivity contribution >= 4 is 17.0 Å². The fourth-order valence-electron chi connectivity index (χ4n) is 2.61. The molecule has 0 radical (unpaired) electrons. The molecule has 2 heterocycles. The maximum atomic E-state index is 10.9. The lowest BCUT2D eigenvalue weighted by atomic mass is 10.2. The minimum atomic E-state index is -1.05. The summed E-state index contributed by atoms with van der Waals surface area (Å²) in [6.45, 7) is 2.61. The number of nitrogens with zero attached hydrogens (tertiary/aromatic N) is 3. The van der Waals surface area contributed by atoms with E-state index in [1.165, 1.54) is 6.07 Å². The Labute approximate surface area is 134 Å². The topological polar surface area (TPSA) is 71.5 Å². The van der Waals surface area contributed by atoms with Crippen molar-refractivity contribution in [3.8, 4) is 0 Å². The highest BCUT2D eigenvalue weighted by Crippen LogP contribution is 2.24. The van der Waals surface area contributed by atoms with E-state index in [1.807, 2.05) is 45.3 Å². The number of para-hydroxylation sites is 2. The van der Waals surface area contributed by atoms with Crippen molar-refractivity contribution in [2.24, 2.45) is 7.05 Å². The monoisotopic (exact) mass is 313 g/mol. The Hall–Kier alpha value is -2.60. The van der Waals surface area contributed by atoms with Crippen molar-refractivity contribution in [2.75, 3.05) is 7.05 Å². The van der Waals surface area contributed by atoms with Crippen molar-refractivity contribution in [3.05, 3.63) is 53.7 Å². The van der Waals surface area contributed by atoms with Gasteiger partial charge in [0.25, 0.3) is 0 Å². The van der Waals surface area contributed by atoms with E-state index in [-0.39, 0.29) is 11.8 Å². The van der Waals surface area contributed by atoms with Gasteiger partial charge in [-0.3, -0.25) is 4.90 Å². The highest BCUT2D eigenvalue weighted by atomic mass is 16.4. The second-order valence-electron chi connectivity index (χ2n) is 5.67. The molecule has 0 spiro atoms. The fraction of sp³-hybridized carbons (Fsp3) is 0.294. The van der Waals surface area contributed by atoms with Crippen LogP contribution in [0.15, 0.2) is 40.8 Å². The van der Waals surface area contributed by atoms with E-state index in [1.54, 1.807) is 6.07 Å². The molecule has 0 saturated heterocycles. The molecule has 1 N–H and O–H groups in total. The molecule has 0 saturated carbocycles. The molecule has 1 aromatic carbocycles. The first kappa shape index (κ1) is 15.3. The quantitative estimate of drug-likeness (QED) is 0.784. The van der Waals surface area contributed by atoms with Gasteiger partial charge in [-0.05, 0) is 38.2 Å². The summed E-state index contributed by atoms with van der Waals surface area (Å²) in [5.41, 5.74) is 2.06. The summed E-state index contributed by atoms with van der Waals surface area (Å²) in [6.07, 6.45) is 0. The number of aryl methyl sites for hydroxylation is 1. The van der Waals surface area contributed by atoms with Gasteiger partial charge in [-0.25, -0.2) is 9.78 Å². The van der Waals surface area contributed by atoms with Gasteiger partial charge < -0.3 is 14.1 Å². The molecule has 0 aliphatic rings. The third-order valence-electron chi connectivity index (χ3n) is 4.18. The molecule has 23 heavy (non-hydrogen) atoms. The van der Waals surface area contributed by atoms with E-state index < -0.39 is 5.97 Å². The van der Waals surface area contributed by atoms with Crippen LogP contribution in [0.25, 0.3) is 11.0 Å². The number of hydrogen-bond acceptors (Lipinski definition) is 4. The molecular formula is C17H19N3O3. The Kier molecular flexibility index (Phi) is 3.92. The number of furan rings is 1. The van der Waals surface area contributed by atoms with E-state index in [2.05, 4.69) is 14.5 Å². The van der Waals surface area contributed by atoms with Crippen molar-refractivity contribution < 1.29 is 14.3 Å². The number of carboxylic acids is 1. The van der Waals surface area contributed by atoms with Crippen LogP contribution in [0.4, 0.5) is 0 Å². The van der Waals surface area contributed by atoms with Crippen molar-refractivity contribution in [1.29, 1.82) is 0 Å². The summed E-state index contributed by atoms with van der Waals surface area (Å²) in [5.74, 6) is 0.485. The van der Waals surface area contributed by atoms with Crippen LogP contribution in [0, 0.1) is 0 Å². The van der Waals surface area contributed by atoms with E-state index in [4.69, 9.17) is 9.52 Å². The number of fused-ring (bicyclic) bond motifs is 1. The second-order valence-corrected chi connectivity index (χ2v) is 5.67. The third-order valence-corrected chi connectivity index (χ3v) is 4.18. The van der Waals surface area contributed by atoms with Crippen LogP contribution in [0.2, 0.25) is 0 Å². The van der Waals surface area contributed by atoms with Gasteiger partial charge in [-0.15, -0.1) is 0 Å². The van der Waals surface area contributed by atoms with Crippen LogP contribution in [0.5, 0.6) is 0 Å². The van der Waals surface area contributed by atoms with Gasteiger partial charge in [-0.1, -0.05) is 12.1 Å². The summed E-state index contributed by atoms with van der Waals surface area (Å²) in [4.78, 5) is 17.7. The molecule has 6 heteroatoms. The SMILES string of the molecule is CC(c1ccc(C(=O)O)o1)N(C)Cc1nc2ccccc2n1C. The third kappa shape index (κ3) is 2.85. The Morgan fingerprint density at radius 2 is 2.09 bits per heavy atom. The molecule has 3 aromatic rings. The predicted molar refractivity (Wildman–Crippen MR) is 86.3 cm³/mol. The first-order valence-corrected chi connectivity index (χ1v) is 7.41. The number of hydrogen-bond donors (Lipinski definition) is 1. The summed E-state index contributed by atoms with van der Waals surface area (Å²) in [5, 5.41) is 8.95. The summed E-state index contributed by atoms with van der Waals surface area (Å²) in [7, 11) is 3.96. The Morgan fingerprint density at radius 3 is 2.74 bits per heavy atom. The zero-order valence-electron chi connectivity index (χ0n) is 13.4. The van der Waals surface area contributed by atoms with E-state index >= 15 is 0 Å². The highest BCUT2D eigenvalue weighted by molar-refractivity contribution is 5.84. The number of aromatic nitrogens is 2. The van der Waals surface area contributed by atoms with Gasteiger partial charge in [0.15, 0.2) is 0 Å². The van der Waals surface area contributed by atoms with E-state index in [9.17, 15) is 4.79 Å². The minimum absolute atomic E-state index is 0.0389. The van der Waals surface area contributed by atoms with Gasteiger partial charge in [0.1, 0.15) is 11.6 Å². The average molecular weight is 313 g/mol. The lowest BCUT2D eigenvalue weighted by Crippen LogP contribution is -2.23. The van der Waals surface area contributed by atoms with Gasteiger partial charge in [-0.2, -0.15) is 0 Å². The molecule has 0 aliphatic carbocycles. The summed E-state index contributed by atoms with van der Waals surface area (Å²) in [6, 6.07) is 11.1. The molecule has 3 rings (SSSR count). The van der Waals surface area contributed by atoms with Crippen molar-refractivity contribution in [3.63, 3.8) is 0 Å². The van der Waals surface area contributed by atoms with Crippen LogP contribution in [-0.4, -0.2) is 32.6 Å². The standard InChI is InChI=1S/C17H19N3O3/c1-11(14-8-9-15(23-14)17(21)22)19(2)10-16-18-12-6-4-5-7-13(12)20(16)3/h4-9,11H,10H2,1-3H3,(H,21,22). The zero-order valence-corrected chi connectivity index (χ0v) is 13.4. The summed E-state index contributed by atoms with van der Waals surface area (Å²) < 4.78 is 7.46. The van der Waals surface area contributed by atoms with E-state index in [0.29, 0.717) is 12.3 Å². The lowest BCUT2D eigenvalue weighted by Gasteiger charge is -2.22. The molecule has 6 nitrogen and oxygen atoms in total. The molecule has 0 aliphatic heterocycles. The molecule has 1 unspecified atom stereocenters. The van der Waals surface area contributed by atoms with Crippen LogP contribution < -0.4 is 0 Å². The lowest BCUT2D eigenvalue weighted by molar-refractivity contribution is 0.0656. The number of imidazole rings is 1. The molecule has 0 amide bonds. The molecule has 2 aromatic heterocycles. The van der Waals surface area contributed by atoms with Gasteiger partial charge in [0.05, 0.1) is 23.6 Å². The smallest absolute Gasteiger partial charge is 0.371 e. The predicted octanol–water partition coefficient (Wildman–Crippen LogP) is 3.06. The van der Waals surface area contributed by atoms with Crippen LogP contribution in [-0.2, 0) is 13.6 Å². The Bertz CT molecular complexity index is 850. The second kappa shape index (κ2) is 5.89. The van der Waals surface area contributed by atoms with Crippen LogP contribution >= 0.6 is 0 Å². The molecule has 0 fully saturated rings. The molecule has 120 valence electrons. The molecular weight excluding hydrogens is 294 g/mol. The van der Waals surface area contributed by atoms with Crippen LogP contribution in [0.3, 0.4) is 0 Å². The van der Waals surface area contributed by atoms with Crippen molar-refractivity contribution in [2.45, 2.75) is 19.5 Å². The van der Waals surface area contributed by atoms with Crippen LogP contribution in [0.1, 0.15) is 35.1 Å². The number of carboxylic acid groups (broad SMARTS) is 1. The molecule has 0 bridgehead atoms. The van der Waals surface area contributed by atoms with Gasteiger partial charge in [0.2, 0.25) is 5.76 Å². The fourth-order valence-corrected chi connectivity index (χ4v) is 2.61. The number of aromatic carboxylic acids is 1. The first-order chi connectivity index (χ1) is 11.0. The maximum absolute atomic E-state index is 10.9. The molecule has 1 atom stereocenters. The first-order valence-electron chi connectivity index (χ1n) is 7.41. The van der Waals surface area contributed by atoms with E-state index in [0.717, 1.165) is 16.9 Å². The highest BCUT2D eigenvalue weighted by Gasteiger charge is 2.19. The Balaban J connectivity index is 1.80. The van der Waals surface area contributed by atoms with Gasteiger partial charge >= 0.3 is 5.97 Å². The number of carbonyl (C=O) groups is 1. The van der Waals surface area contributed by atoms with Gasteiger partial charge in [0, 0.05) is 7.05 Å². The van der Waals surface area contributed by atoms with Crippen molar-refractivity contribution in [1.82, 2.24) is 14.5 Å². The number of benzene rings is 1. The average Bonchev–Trinajstić information content (AvgIpc) is 3.13. The summed E-state index contributed by atoms with van der Waals surface area (Å²) >= 11 is 0.